The minimum absolute atomic E-state index is 0.0292. The molecule has 0 unspecified atom stereocenters. The summed E-state index contributed by atoms with van der Waals surface area (Å²) in [6.07, 6.45) is 0. The van der Waals surface area contributed by atoms with Gasteiger partial charge in [-0.05, 0) is 61.7 Å². The Kier molecular flexibility index (Phi) is 6.45. The maximum absolute atomic E-state index is 12.6. The van der Waals surface area contributed by atoms with Crippen LogP contribution in [0.25, 0.3) is 0 Å². The molecule has 1 aromatic carbocycles. The SMILES string of the molecule is COC(=O)c1c(NC(=O)c2ccc(COc3cc(C)cc(C)c3)o2)sc(C(N)=O)c1C. The van der Waals surface area contributed by atoms with Crippen molar-refractivity contribution in [2.24, 2.45) is 5.73 Å². The molecule has 2 aromatic heterocycles. The van der Waals surface area contributed by atoms with Gasteiger partial charge < -0.3 is 24.9 Å². The van der Waals surface area contributed by atoms with Crippen molar-refractivity contribution < 1.29 is 28.3 Å². The highest BCUT2D eigenvalue weighted by Crippen LogP contribution is 2.34. The first-order valence-electron chi connectivity index (χ1n) is 9.32. The number of nitrogens with one attached hydrogen (secondary N) is 1. The second-order valence-electron chi connectivity index (χ2n) is 6.95. The van der Waals surface area contributed by atoms with Gasteiger partial charge in [-0.3, -0.25) is 9.59 Å². The summed E-state index contributed by atoms with van der Waals surface area (Å²) in [4.78, 5) is 36.5. The van der Waals surface area contributed by atoms with Gasteiger partial charge >= 0.3 is 5.97 Å². The van der Waals surface area contributed by atoms with E-state index in [1.54, 1.807) is 13.0 Å². The summed E-state index contributed by atoms with van der Waals surface area (Å²) < 4.78 is 16.1. The molecule has 0 saturated heterocycles. The van der Waals surface area contributed by atoms with Crippen molar-refractivity contribution in [3.63, 3.8) is 0 Å². The van der Waals surface area contributed by atoms with E-state index in [4.69, 9.17) is 19.6 Å². The molecule has 3 aromatic rings. The van der Waals surface area contributed by atoms with Crippen molar-refractivity contribution in [2.75, 3.05) is 12.4 Å². The Bertz CT molecular complexity index is 1140. The molecule has 0 radical (unpaired) electrons. The number of carbonyl (C=O) groups is 3. The number of primary amides is 1. The van der Waals surface area contributed by atoms with E-state index < -0.39 is 17.8 Å². The summed E-state index contributed by atoms with van der Waals surface area (Å²) in [6.45, 7) is 5.67. The van der Waals surface area contributed by atoms with Gasteiger partial charge in [0.1, 0.15) is 23.1 Å². The molecule has 0 aliphatic carbocycles. The van der Waals surface area contributed by atoms with Crippen molar-refractivity contribution in [2.45, 2.75) is 27.4 Å². The maximum Gasteiger partial charge on any atom is 0.341 e. The molecule has 8 nitrogen and oxygen atoms in total. The molecule has 0 aliphatic rings. The number of hydrogen-bond donors (Lipinski definition) is 2. The molecule has 0 aliphatic heterocycles. The summed E-state index contributed by atoms with van der Waals surface area (Å²) in [5, 5.41) is 2.76. The summed E-state index contributed by atoms with van der Waals surface area (Å²) in [7, 11) is 1.21. The van der Waals surface area contributed by atoms with Crippen LogP contribution in [0.15, 0.2) is 34.7 Å². The van der Waals surface area contributed by atoms with E-state index in [0.717, 1.165) is 22.5 Å². The van der Waals surface area contributed by atoms with E-state index in [1.807, 2.05) is 32.0 Å². The summed E-state index contributed by atoms with van der Waals surface area (Å²) in [5.41, 5.74) is 7.95. The van der Waals surface area contributed by atoms with E-state index in [2.05, 4.69) is 5.32 Å². The maximum atomic E-state index is 12.6. The molecule has 2 heterocycles. The van der Waals surface area contributed by atoms with Gasteiger partial charge in [-0.1, -0.05) is 6.07 Å². The van der Waals surface area contributed by atoms with E-state index >= 15 is 0 Å². The number of esters is 1. The number of nitrogens with two attached hydrogens (primary N) is 1. The first kappa shape index (κ1) is 22.1. The number of ether oxygens (including phenoxy) is 2. The Hall–Kier alpha value is -3.59. The van der Waals surface area contributed by atoms with Gasteiger partial charge in [-0.2, -0.15) is 0 Å². The lowest BCUT2D eigenvalue weighted by Gasteiger charge is -2.07. The standard InChI is InChI=1S/C22H22N2O6S/c1-11-7-12(2)9-15(8-11)29-10-14-5-6-16(30-14)20(26)24-21-17(22(27)28-4)13(3)18(31-21)19(23)25/h5-9H,10H2,1-4H3,(H2,23,25)(H,24,26). The number of carbonyl (C=O) groups excluding carboxylic acids is 3. The molecule has 0 fully saturated rings. The molecular formula is C22H22N2O6S. The van der Waals surface area contributed by atoms with Crippen LogP contribution in [-0.4, -0.2) is 24.9 Å². The molecule has 3 rings (SSSR count). The van der Waals surface area contributed by atoms with Crippen molar-refractivity contribution in [1.82, 2.24) is 0 Å². The van der Waals surface area contributed by atoms with Crippen LogP contribution in [0.3, 0.4) is 0 Å². The number of anilines is 1. The summed E-state index contributed by atoms with van der Waals surface area (Å²) in [6, 6.07) is 9.00. The third-order valence-electron chi connectivity index (χ3n) is 4.45. The van der Waals surface area contributed by atoms with Crippen LogP contribution < -0.4 is 15.8 Å². The molecule has 3 N–H and O–H groups in total. The predicted molar refractivity (Wildman–Crippen MR) is 116 cm³/mol. The number of thiophene rings is 1. The minimum Gasteiger partial charge on any atom is -0.486 e. The fraction of sp³-hybridized carbons (Fsp3) is 0.227. The van der Waals surface area contributed by atoms with Crippen molar-refractivity contribution in [1.29, 1.82) is 0 Å². The van der Waals surface area contributed by atoms with Crippen LogP contribution in [-0.2, 0) is 11.3 Å². The molecule has 2 amide bonds. The number of hydrogen-bond acceptors (Lipinski definition) is 7. The van der Waals surface area contributed by atoms with Crippen LogP contribution >= 0.6 is 11.3 Å². The number of benzene rings is 1. The van der Waals surface area contributed by atoms with E-state index in [9.17, 15) is 14.4 Å². The minimum atomic E-state index is -0.697. The smallest absolute Gasteiger partial charge is 0.341 e. The average molecular weight is 442 g/mol. The monoisotopic (exact) mass is 442 g/mol. The fourth-order valence-corrected chi connectivity index (χ4v) is 4.14. The van der Waals surface area contributed by atoms with Crippen LogP contribution in [0.5, 0.6) is 5.75 Å². The molecule has 0 bridgehead atoms. The Balaban J connectivity index is 1.75. The Morgan fingerprint density at radius 3 is 2.39 bits per heavy atom. The van der Waals surface area contributed by atoms with Gasteiger partial charge in [0.25, 0.3) is 11.8 Å². The number of rotatable bonds is 7. The Morgan fingerprint density at radius 1 is 1.10 bits per heavy atom. The molecule has 162 valence electrons. The largest absolute Gasteiger partial charge is 0.486 e. The highest BCUT2D eigenvalue weighted by Gasteiger charge is 2.26. The third-order valence-corrected chi connectivity index (χ3v) is 5.67. The molecule has 0 spiro atoms. The Morgan fingerprint density at radius 2 is 1.77 bits per heavy atom. The van der Waals surface area contributed by atoms with E-state index in [-0.39, 0.29) is 27.8 Å². The first-order valence-corrected chi connectivity index (χ1v) is 10.1. The summed E-state index contributed by atoms with van der Waals surface area (Å²) in [5.74, 6) is -0.773. The fourth-order valence-electron chi connectivity index (χ4n) is 3.10. The topological polar surface area (TPSA) is 121 Å². The zero-order chi connectivity index (χ0) is 22.7. The van der Waals surface area contributed by atoms with Gasteiger partial charge in [0.05, 0.1) is 17.6 Å². The quantitative estimate of drug-likeness (QED) is 0.534. The third kappa shape index (κ3) is 4.95. The zero-order valence-corrected chi connectivity index (χ0v) is 18.3. The van der Waals surface area contributed by atoms with Gasteiger partial charge in [-0.25, -0.2) is 4.79 Å². The van der Waals surface area contributed by atoms with Crippen LogP contribution in [0.2, 0.25) is 0 Å². The lowest BCUT2D eigenvalue weighted by atomic mass is 10.1. The number of methoxy groups -OCH3 is 1. The molecular weight excluding hydrogens is 420 g/mol. The van der Waals surface area contributed by atoms with Crippen LogP contribution in [0, 0.1) is 20.8 Å². The molecule has 0 atom stereocenters. The predicted octanol–water partition coefficient (Wildman–Crippen LogP) is 3.98. The van der Waals surface area contributed by atoms with Crippen molar-refractivity contribution in [3.8, 4) is 5.75 Å². The highest BCUT2D eigenvalue weighted by molar-refractivity contribution is 7.18. The van der Waals surface area contributed by atoms with Crippen molar-refractivity contribution in [3.05, 3.63) is 69.0 Å². The lowest BCUT2D eigenvalue weighted by Crippen LogP contribution is -2.14. The van der Waals surface area contributed by atoms with E-state index in [1.165, 1.54) is 13.2 Å². The average Bonchev–Trinajstić information content (AvgIpc) is 3.30. The zero-order valence-electron chi connectivity index (χ0n) is 17.5. The molecule has 31 heavy (non-hydrogen) atoms. The Labute approximate surface area is 183 Å². The number of furan rings is 1. The van der Waals surface area contributed by atoms with Crippen molar-refractivity contribution >= 4 is 34.1 Å². The van der Waals surface area contributed by atoms with Crippen LogP contribution in [0.1, 0.15) is 53.0 Å². The van der Waals surface area contributed by atoms with Gasteiger partial charge in [0.15, 0.2) is 5.76 Å². The second-order valence-corrected chi connectivity index (χ2v) is 7.97. The summed E-state index contributed by atoms with van der Waals surface area (Å²) >= 11 is 0.904. The van der Waals surface area contributed by atoms with Gasteiger partial charge in [-0.15, -0.1) is 11.3 Å². The molecule has 9 heteroatoms. The van der Waals surface area contributed by atoms with E-state index in [0.29, 0.717) is 17.1 Å². The van der Waals surface area contributed by atoms with Gasteiger partial charge in [0.2, 0.25) is 0 Å². The second kappa shape index (κ2) is 9.05. The van der Waals surface area contributed by atoms with Gasteiger partial charge in [0, 0.05) is 0 Å². The normalized spacial score (nSPS) is 10.6. The first-order chi connectivity index (χ1) is 14.7. The molecule has 0 saturated carbocycles. The highest BCUT2D eigenvalue weighted by atomic mass is 32.1. The number of aryl methyl sites for hydroxylation is 2. The lowest BCUT2D eigenvalue weighted by molar-refractivity contribution is 0.0601. The number of amides is 2. The van der Waals surface area contributed by atoms with Crippen LogP contribution in [0.4, 0.5) is 5.00 Å².